The summed E-state index contributed by atoms with van der Waals surface area (Å²) < 4.78 is 2.13. The van der Waals surface area contributed by atoms with E-state index in [0.717, 1.165) is 62.0 Å². The third-order valence-corrected chi connectivity index (χ3v) is 4.93. The molecule has 1 aromatic heterocycles. The average Bonchev–Trinajstić information content (AvgIpc) is 3.15. The van der Waals surface area contributed by atoms with E-state index in [2.05, 4.69) is 47.1 Å². The summed E-state index contributed by atoms with van der Waals surface area (Å²) in [6, 6.07) is 22.9. The summed E-state index contributed by atoms with van der Waals surface area (Å²) in [5.41, 5.74) is 4.48. The van der Waals surface area contributed by atoms with Crippen LogP contribution in [0.1, 0.15) is 44.9 Å². The highest BCUT2D eigenvalue weighted by Crippen LogP contribution is 2.26. The Kier molecular flexibility index (Phi) is 7.42. The molecule has 0 aliphatic heterocycles. The van der Waals surface area contributed by atoms with E-state index in [0.29, 0.717) is 0 Å². The topological polar surface area (TPSA) is 55.1 Å². The minimum Gasteiger partial charge on any atom is -0.481 e. The Hall–Kier alpha value is -2.88. The number of carboxylic acid groups (broad SMARTS) is 1. The van der Waals surface area contributed by atoms with E-state index in [1.54, 1.807) is 0 Å². The number of aliphatic carboxylic acids is 1. The maximum absolute atomic E-state index is 10.5. The molecule has 0 radical (unpaired) electrons. The molecule has 28 heavy (non-hydrogen) atoms. The highest BCUT2D eigenvalue weighted by atomic mass is 16.4. The molecule has 0 saturated heterocycles. The van der Waals surface area contributed by atoms with Gasteiger partial charge < -0.3 is 5.11 Å². The van der Waals surface area contributed by atoms with Gasteiger partial charge in [-0.3, -0.25) is 9.48 Å². The first-order chi connectivity index (χ1) is 13.7. The molecule has 2 aromatic carbocycles. The number of hydrogen-bond acceptors (Lipinski definition) is 2. The van der Waals surface area contributed by atoms with Crippen LogP contribution in [0.4, 0.5) is 0 Å². The Morgan fingerprint density at radius 2 is 1.36 bits per heavy atom. The van der Waals surface area contributed by atoms with Gasteiger partial charge in [-0.2, -0.15) is 5.10 Å². The lowest BCUT2D eigenvalue weighted by Gasteiger charge is -2.07. The molecular formula is C24H28N2O2. The van der Waals surface area contributed by atoms with Crippen molar-refractivity contribution in [2.45, 2.75) is 51.5 Å². The third-order valence-electron chi connectivity index (χ3n) is 4.93. The van der Waals surface area contributed by atoms with Crippen molar-refractivity contribution in [3.05, 3.63) is 66.7 Å². The lowest BCUT2D eigenvalue weighted by molar-refractivity contribution is -0.137. The number of carbonyl (C=O) groups is 1. The molecule has 4 nitrogen and oxygen atoms in total. The zero-order chi connectivity index (χ0) is 19.6. The molecule has 0 saturated carbocycles. The minimum absolute atomic E-state index is 0.288. The molecule has 3 aromatic rings. The first kappa shape index (κ1) is 19.9. The zero-order valence-corrected chi connectivity index (χ0v) is 16.3. The van der Waals surface area contributed by atoms with Crippen molar-refractivity contribution in [1.29, 1.82) is 0 Å². The Labute approximate surface area is 166 Å². The van der Waals surface area contributed by atoms with Gasteiger partial charge >= 0.3 is 5.97 Å². The molecule has 0 fully saturated rings. The van der Waals surface area contributed by atoms with Crippen LogP contribution >= 0.6 is 0 Å². The average molecular weight is 377 g/mol. The van der Waals surface area contributed by atoms with Crippen LogP contribution in [-0.2, 0) is 11.3 Å². The normalized spacial score (nSPS) is 10.9. The number of aryl methyl sites for hydroxylation is 1. The quantitative estimate of drug-likeness (QED) is 0.416. The van der Waals surface area contributed by atoms with Gasteiger partial charge in [-0.25, -0.2) is 0 Å². The van der Waals surface area contributed by atoms with Crippen LogP contribution in [0.15, 0.2) is 66.7 Å². The second-order valence-corrected chi connectivity index (χ2v) is 7.14. The molecule has 0 atom stereocenters. The van der Waals surface area contributed by atoms with Crippen LogP contribution in [0.5, 0.6) is 0 Å². The summed E-state index contributed by atoms with van der Waals surface area (Å²) in [6.07, 6.45) is 6.54. The lowest BCUT2D eigenvalue weighted by Crippen LogP contribution is -2.02. The first-order valence-corrected chi connectivity index (χ1v) is 10.1. The van der Waals surface area contributed by atoms with Crippen LogP contribution in [0.25, 0.3) is 22.5 Å². The molecule has 0 unspecified atom stereocenters. The summed E-state index contributed by atoms with van der Waals surface area (Å²) in [6.45, 7) is 0.895. The van der Waals surface area contributed by atoms with E-state index in [-0.39, 0.29) is 6.42 Å². The molecule has 146 valence electrons. The number of carboxylic acids is 1. The first-order valence-electron chi connectivity index (χ1n) is 10.1. The van der Waals surface area contributed by atoms with E-state index >= 15 is 0 Å². The summed E-state index contributed by atoms with van der Waals surface area (Å²) in [4.78, 5) is 10.5. The molecule has 0 aliphatic rings. The fourth-order valence-electron chi connectivity index (χ4n) is 3.42. The van der Waals surface area contributed by atoms with E-state index in [4.69, 9.17) is 10.2 Å². The van der Waals surface area contributed by atoms with E-state index < -0.39 is 5.97 Å². The van der Waals surface area contributed by atoms with Gasteiger partial charge in [0, 0.05) is 18.5 Å². The monoisotopic (exact) mass is 376 g/mol. The predicted molar refractivity (Wildman–Crippen MR) is 113 cm³/mol. The molecule has 0 amide bonds. The van der Waals surface area contributed by atoms with E-state index in [1.807, 2.05) is 24.3 Å². The zero-order valence-electron chi connectivity index (χ0n) is 16.3. The fraction of sp³-hybridized carbons (Fsp3) is 0.333. The Bertz CT molecular complexity index is 857. The van der Waals surface area contributed by atoms with Crippen molar-refractivity contribution in [2.24, 2.45) is 0 Å². The van der Waals surface area contributed by atoms with E-state index in [1.165, 1.54) is 5.56 Å². The van der Waals surface area contributed by atoms with Crippen LogP contribution in [0.3, 0.4) is 0 Å². The summed E-state index contributed by atoms with van der Waals surface area (Å²) >= 11 is 0. The summed E-state index contributed by atoms with van der Waals surface area (Å²) in [7, 11) is 0. The van der Waals surface area contributed by atoms with Gasteiger partial charge in [0.15, 0.2) is 0 Å². The summed E-state index contributed by atoms with van der Waals surface area (Å²) in [5.74, 6) is -0.693. The highest BCUT2D eigenvalue weighted by Gasteiger charge is 2.11. The van der Waals surface area contributed by atoms with Crippen LogP contribution in [-0.4, -0.2) is 20.9 Å². The molecule has 3 rings (SSSR count). The smallest absolute Gasteiger partial charge is 0.303 e. The molecule has 0 spiro atoms. The number of hydrogen-bond donors (Lipinski definition) is 1. The van der Waals surface area contributed by atoms with Gasteiger partial charge in [0.05, 0.1) is 11.4 Å². The standard InChI is InChI=1S/C24H28N2O2/c27-24(28)17-11-3-1-2-4-12-18-26-23(21-15-9-6-10-16-21)19-22(25-26)20-13-7-5-8-14-20/h5-10,13-16,19H,1-4,11-12,17-18H2,(H,27,28). The van der Waals surface area contributed by atoms with Gasteiger partial charge in [0.2, 0.25) is 0 Å². The number of benzene rings is 2. The number of unbranched alkanes of at least 4 members (excludes halogenated alkanes) is 5. The van der Waals surface area contributed by atoms with Gasteiger partial charge in [0.25, 0.3) is 0 Å². The van der Waals surface area contributed by atoms with Crippen molar-refractivity contribution >= 4 is 5.97 Å². The fourth-order valence-corrected chi connectivity index (χ4v) is 3.42. The van der Waals surface area contributed by atoms with Gasteiger partial charge in [-0.1, -0.05) is 86.3 Å². The Morgan fingerprint density at radius 3 is 2.00 bits per heavy atom. The van der Waals surface area contributed by atoms with Crippen LogP contribution in [0, 0.1) is 0 Å². The number of rotatable bonds is 11. The molecular weight excluding hydrogens is 348 g/mol. The molecule has 4 heteroatoms. The molecule has 0 bridgehead atoms. The van der Waals surface area contributed by atoms with Crippen molar-refractivity contribution in [2.75, 3.05) is 0 Å². The van der Waals surface area contributed by atoms with E-state index in [9.17, 15) is 4.79 Å². The SMILES string of the molecule is O=C(O)CCCCCCCCn1nc(-c2ccccc2)cc1-c1ccccc1. The maximum Gasteiger partial charge on any atom is 0.303 e. The van der Waals surface area contributed by atoms with Crippen molar-refractivity contribution in [3.63, 3.8) is 0 Å². The second kappa shape index (κ2) is 10.5. The number of nitrogens with zero attached hydrogens (tertiary/aromatic N) is 2. The predicted octanol–water partition coefficient (Wildman–Crippen LogP) is 6.03. The summed E-state index contributed by atoms with van der Waals surface area (Å²) in [5, 5.41) is 13.5. The lowest BCUT2D eigenvalue weighted by atomic mass is 10.1. The van der Waals surface area contributed by atoms with Crippen molar-refractivity contribution in [1.82, 2.24) is 9.78 Å². The Balaban J connectivity index is 1.60. The Morgan fingerprint density at radius 1 is 0.786 bits per heavy atom. The minimum atomic E-state index is -0.693. The third kappa shape index (κ3) is 5.81. The largest absolute Gasteiger partial charge is 0.481 e. The second-order valence-electron chi connectivity index (χ2n) is 7.14. The van der Waals surface area contributed by atoms with Crippen LogP contribution < -0.4 is 0 Å². The number of aromatic nitrogens is 2. The maximum atomic E-state index is 10.5. The van der Waals surface area contributed by atoms with Gasteiger partial charge in [0.1, 0.15) is 0 Å². The van der Waals surface area contributed by atoms with Crippen molar-refractivity contribution < 1.29 is 9.90 Å². The molecule has 1 N–H and O–H groups in total. The van der Waals surface area contributed by atoms with Gasteiger partial charge in [-0.05, 0) is 24.5 Å². The van der Waals surface area contributed by atoms with Gasteiger partial charge in [-0.15, -0.1) is 0 Å². The molecule has 1 heterocycles. The van der Waals surface area contributed by atoms with Crippen molar-refractivity contribution in [3.8, 4) is 22.5 Å². The highest BCUT2D eigenvalue weighted by molar-refractivity contribution is 5.68. The van der Waals surface area contributed by atoms with Crippen LogP contribution in [0.2, 0.25) is 0 Å². The molecule has 0 aliphatic carbocycles.